The maximum Gasteiger partial charge on any atom is 0.172 e. The minimum Gasteiger partial charge on any atom is -0.342 e. The third-order valence-corrected chi connectivity index (χ3v) is 6.45. The van der Waals surface area contributed by atoms with E-state index in [0.29, 0.717) is 27.6 Å². The Morgan fingerprint density at radius 2 is 1.62 bits per heavy atom. The number of nitrogens with zero attached hydrogens (tertiary/aromatic N) is 2. The van der Waals surface area contributed by atoms with E-state index in [1.807, 2.05) is 0 Å². The lowest BCUT2D eigenvalue weighted by atomic mass is 9.92. The van der Waals surface area contributed by atoms with Gasteiger partial charge in [-0.05, 0) is 59.2 Å². The van der Waals surface area contributed by atoms with Crippen LogP contribution in [-0.2, 0) is 0 Å². The molecule has 2 rings (SSSR count). The molecule has 2 nitrogen and oxygen atoms in total. The van der Waals surface area contributed by atoms with Gasteiger partial charge in [0.2, 0.25) is 0 Å². The molecule has 0 amide bonds. The average molecular weight is 422 g/mol. The number of rotatable bonds is 2. The van der Waals surface area contributed by atoms with Gasteiger partial charge < -0.3 is 9.80 Å². The van der Waals surface area contributed by atoms with Crippen molar-refractivity contribution in [2.45, 2.75) is 101 Å². The molecule has 0 aromatic carbocycles. The number of thiocarbonyl (C=S) groups is 1. The zero-order valence-corrected chi connectivity index (χ0v) is 17.2. The average Bonchev–Trinajstić information content (AvgIpc) is 2.62. The minimum absolute atomic E-state index is 0.404. The molecule has 2 aliphatic rings. The molecule has 0 spiro atoms. The molecule has 3 atom stereocenters. The highest BCUT2D eigenvalue weighted by molar-refractivity contribution is 14.1. The van der Waals surface area contributed by atoms with E-state index in [4.69, 9.17) is 12.2 Å². The molecule has 1 heterocycles. The number of halogens is 1. The van der Waals surface area contributed by atoms with Gasteiger partial charge in [-0.2, -0.15) is 0 Å². The zero-order chi connectivity index (χ0) is 15.8. The predicted molar refractivity (Wildman–Crippen MR) is 104 cm³/mol. The Labute approximate surface area is 150 Å². The maximum absolute atomic E-state index is 5.88. The number of alkyl halides is 1. The van der Waals surface area contributed by atoms with Gasteiger partial charge in [0.1, 0.15) is 0 Å². The van der Waals surface area contributed by atoms with Gasteiger partial charge in [-0.3, -0.25) is 0 Å². The molecule has 1 saturated carbocycles. The van der Waals surface area contributed by atoms with Crippen LogP contribution in [0.5, 0.6) is 0 Å². The number of hydrogen-bond donors (Lipinski definition) is 0. The summed E-state index contributed by atoms with van der Waals surface area (Å²) in [5, 5.41) is 1.10. The van der Waals surface area contributed by atoms with E-state index in [1.165, 1.54) is 38.5 Å². The van der Waals surface area contributed by atoms with Crippen molar-refractivity contribution in [2.24, 2.45) is 0 Å². The first-order valence-electron chi connectivity index (χ1n) is 8.54. The molecular weight excluding hydrogens is 391 g/mol. The van der Waals surface area contributed by atoms with Gasteiger partial charge >= 0.3 is 0 Å². The summed E-state index contributed by atoms with van der Waals surface area (Å²) in [5.74, 6) is 0. The second-order valence-electron chi connectivity index (χ2n) is 7.64. The van der Waals surface area contributed by atoms with E-state index in [-0.39, 0.29) is 0 Å². The molecule has 0 N–H and O–H groups in total. The van der Waals surface area contributed by atoms with Crippen molar-refractivity contribution in [3.8, 4) is 0 Å². The smallest absolute Gasteiger partial charge is 0.172 e. The van der Waals surface area contributed by atoms with Crippen LogP contribution in [0.25, 0.3) is 0 Å². The molecule has 1 saturated heterocycles. The van der Waals surface area contributed by atoms with E-state index in [1.54, 1.807) is 0 Å². The molecule has 1 aliphatic carbocycles. The zero-order valence-electron chi connectivity index (χ0n) is 14.2. The van der Waals surface area contributed by atoms with E-state index in [9.17, 15) is 0 Å². The molecular formula is C17H31IN2S. The van der Waals surface area contributed by atoms with Crippen molar-refractivity contribution in [1.82, 2.24) is 9.80 Å². The van der Waals surface area contributed by atoms with Crippen molar-refractivity contribution >= 4 is 39.9 Å². The Kier molecular flexibility index (Phi) is 5.83. The van der Waals surface area contributed by atoms with E-state index < -0.39 is 0 Å². The maximum atomic E-state index is 5.88. The van der Waals surface area contributed by atoms with Crippen LogP contribution < -0.4 is 0 Å². The summed E-state index contributed by atoms with van der Waals surface area (Å²) >= 11 is 8.58. The van der Waals surface area contributed by atoms with Gasteiger partial charge in [0.05, 0.1) is 12.1 Å². The van der Waals surface area contributed by atoms with E-state index >= 15 is 0 Å². The lowest BCUT2D eigenvalue weighted by Gasteiger charge is -2.35. The Hall–Kier alpha value is 0.420. The first-order valence-corrected chi connectivity index (χ1v) is 10.0. The van der Waals surface area contributed by atoms with Crippen LogP contribution in [0.15, 0.2) is 0 Å². The van der Waals surface area contributed by atoms with Crippen LogP contribution in [0.2, 0.25) is 0 Å². The summed E-state index contributed by atoms with van der Waals surface area (Å²) < 4.78 is 0.404. The lowest BCUT2D eigenvalue weighted by molar-refractivity contribution is 0.196. The molecule has 122 valence electrons. The Balaban J connectivity index is 2.35. The SMILES string of the molecule is CC(C)N1C(=S)N(C(C)C)C2CC(C)(I)CCCCCC21. The highest BCUT2D eigenvalue weighted by Gasteiger charge is 2.47. The Bertz CT molecular complexity index is 381. The second-order valence-corrected chi connectivity index (χ2v) is 10.6. The Morgan fingerprint density at radius 3 is 2.19 bits per heavy atom. The van der Waals surface area contributed by atoms with Crippen molar-refractivity contribution in [2.75, 3.05) is 0 Å². The van der Waals surface area contributed by atoms with Gasteiger partial charge in [0, 0.05) is 15.5 Å². The molecule has 4 heteroatoms. The highest BCUT2D eigenvalue weighted by Crippen LogP contribution is 2.41. The van der Waals surface area contributed by atoms with Crippen molar-refractivity contribution in [3.05, 3.63) is 0 Å². The monoisotopic (exact) mass is 422 g/mol. The summed E-state index contributed by atoms with van der Waals surface area (Å²) in [6.45, 7) is 11.6. The number of hydrogen-bond acceptors (Lipinski definition) is 1. The van der Waals surface area contributed by atoms with Crippen molar-refractivity contribution in [1.29, 1.82) is 0 Å². The molecule has 0 aromatic rings. The Morgan fingerprint density at radius 1 is 1.05 bits per heavy atom. The number of fused-ring (bicyclic) bond motifs is 1. The third-order valence-electron chi connectivity index (χ3n) is 5.05. The van der Waals surface area contributed by atoms with Gasteiger partial charge in [-0.15, -0.1) is 0 Å². The van der Waals surface area contributed by atoms with Gasteiger partial charge in [0.25, 0.3) is 0 Å². The topological polar surface area (TPSA) is 6.48 Å². The van der Waals surface area contributed by atoms with E-state index in [2.05, 4.69) is 67.0 Å². The van der Waals surface area contributed by atoms with Crippen LogP contribution in [-0.4, -0.2) is 42.5 Å². The predicted octanol–water partition coefficient (Wildman–Crippen LogP) is 4.99. The minimum atomic E-state index is 0.404. The summed E-state index contributed by atoms with van der Waals surface area (Å²) in [5.41, 5.74) is 0. The van der Waals surface area contributed by atoms with Crippen molar-refractivity contribution < 1.29 is 0 Å². The second kappa shape index (κ2) is 6.90. The summed E-state index contributed by atoms with van der Waals surface area (Å²) in [4.78, 5) is 5.08. The van der Waals surface area contributed by atoms with Gasteiger partial charge in [-0.25, -0.2) is 0 Å². The first-order chi connectivity index (χ1) is 9.74. The summed E-state index contributed by atoms with van der Waals surface area (Å²) in [7, 11) is 0. The quantitative estimate of drug-likeness (QED) is 0.352. The van der Waals surface area contributed by atoms with Gasteiger partial charge in [-0.1, -0.05) is 48.8 Å². The summed E-state index contributed by atoms with van der Waals surface area (Å²) in [6, 6.07) is 2.23. The molecule has 1 aliphatic heterocycles. The van der Waals surface area contributed by atoms with Crippen LogP contribution in [0.3, 0.4) is 0 Å². The standard InChI is InChI=1S/C17H31IN2S/c1-12(2)19-14-9-7-6-8-10-17(5,18)11-15(14)20(13(3)4)16(19)21/h12-15H,6-11H2,1-5H3. The van der Waals surface area contributed by atoms with Crippen LogP contribution in [0.1, 0.15) is 73.1 Å². The molecule has 0 bridgehead atoms. The molecule has 2 fully saturated rings. The largest absolute Gasteiger partial charge is 0.342 e. The van der Waals surface area contributed by atoms with Crippen LogP contribution >= 0.6 is 34.8 Å². The fraction of sp³-hybridized carbons (Fsp3) is 0.941. The van der Waals surface area contributed by atoms with E-state index in [0.717, 1.165) is 5.11 Å². The molecule has 21 heavy (non-hydrogen) atoms. The van der Waals surface area contributed by atoms with Crippen LogP contribution in [0, 0.1) is 0 Å². The molecule has 0 radical (unpaired) electrons. The third kappa shape index (κ3) is 3.85. The molecule has 0 aromatic heterocycles. The fourth-order valence-corrected chi connectivity index (χ4v) is 5.65. The highest BCUT2D eigenvalue weighted by atomic mass is 127. The van der Waals surface area contributed by atoms with Crippen molar-refractivity contribution in [3.63, 3.8) is 0 Å². The normalized spacial score (nSPS) is 35.0. The summed E-state index contributed by atoms with van der Waals surface area (Å²) in [6.07, 6.45) is 8.02. The molecule has 3 unspecified atom stereocenters. The van der Waals surface area contributed by atoms with Crippen LogP contribution in [0.4, 0.5) is 0 Å². The fourth-order valence-electron chi connectivity index (χ4n) is 4.12. The van der Waals surface area contributed by atoms with Gasteiger partial charge in [0.15, 0.2) is 5.11 Å². The lowest BCUT2D eigenvalue weighted by Crippen LogP contribution is -2.44. The first kappa shape index (κ1) is 17.8.